The topological polar surface area (TPSA) is 70.4 Å². The molecule has 0 saturated heterocycles. The van der Waals surface area contributed by atoms with Crippen molar-refractivity contribution in [3.05, 3.63) is 57.0 Å². The number of ether oxygens (including phenoxy) is 2. The van der Waals surface area contributed by atoms with Crippen molar-refractivity contribution in [1.82, 2.24) is 9.78 Å². The summed E-state index contributed by atoms with van der Waals surface area (Å²) in [4.78, 5) is 24.2. The Morgan fingerprint density at radius 2 is 1.93 bits per heavy atom. The number of alkyl halides is 1. The third kappa shape index (κ3) is 5.93. The molecule has 1 heterocycles. The molecule has 0 saturated carbocycles. The van der Waals surface area contributed by atoms with E-state index in [0.29, 0.717) is 12.2 Å². The maximum absolute atomic E-state index is 12.3. The first-order valence-electron chi connectivity index (χ1n) is 8.47. The van der Waals surface area contributed by atoms with Crippen molar-refractivity contribution in [2.24, 2.45) is 0 Å². The minimum atomic E-state index is -0.472. The molecule has 0 amide bonds. The Kier molecular flexibility index (Phi) is 7.67. The molecule has 27 heavy (non-hydrogen) atoms. The number of benzene rings is 1. The Labute approximate surface area is 177 Å². The highest BCUT2D eigenvalue weighted by Gasteiger charge is 2.20. The van der Waals surface area contributed by atoms with E-state index in [4.69, 9.17) is 21.1 Å². The number of aromatic nitrogens is 2. The Bertz CT molecular complexity index is 844. The molecule has 2 aromatic rings. The third-order valence-electron chi connectivity index (χ3n) is 3.62. The van der Waals surface area contributed by atoms with Crippen LogP contribution in [0.1, 0.15) is 43.1 Å². The Balaban J connectivity index is 2.02. The number of carbonyl (C=O) groups excluding carboxylic acids is 1. The van der Waals surface area contributed by atoms with Crippen LogP contribution in [0.2, 0.25) is 5.02 Å². The summed E-state index contributed by atoms with van der Waals surface area (Å²) in [5.41, 5.74) is 0.446. The number of hydrogen-bond donors (Lipinski definition) is 0. The summed E-state index contributed by atoms with van der Waals surface area (Å²) in [6.07, 6.45) is 2.27. The van der Waals surface area contributed by atoms with Crippen LogP contribution in [-0.4, -0.2) is 26.8 Å². The van der Waals surface area contributed by atoms with E-state index < -0.39 is 11.1 Å². The highest BCUT2D eigenvalue weighted by molar-refractivity contribution is 14.1. The summed E-state index contributed by atoms with van der Waals surface area (Å²) < 4.78 is 13.1. The lowest BCUT2D eigenvalue weighted by Crippen LogP contribution is -2.36. The lowest BCUT2D eigenvalue weighted by Gasteiger charge is -2.21. The highest BCUT2D eigenvalue weighted by Crippen LogP contribution is 2.22. The molecular weight excluding hydrogens is 483 g/mol. The molecule has 1 aromatic heterocycles. The van der Waals surface area contributed by atoms with Crippen LogP contribution in [0.4, 0.5) is 0 Å². The Hall–Kier alpha value is -1.61. The maximum Gasteiger partial charge on any atom is 0.338 e. The van der Waals surface area contributed by atoms with Gasteiger partial charge >= 0.3 is 5.97 Å². The van der Waals surface area contributed by atoms with Gasteiger partial charge in [0.1, 0.15) is 6.61 Å². The van der Waals surface area contributed by atoms with Crippen LogP contribution in [0.15, 0.2) is 35.3 Å². The molecule has 0 unspecified atom stereocenters. The molecular formula is C19H22ClIN2O4. The van der Waals surface area contributed by atoms with Gasteiger partial charge < -0.3 is 9.47 Å². The first-order valence-corrected chi connectivity index (χ1v) is 10.4. The molecule has 8 heteroatoms. The Morgan fingerprint density at radius 1 is 1.26 bits per heavy atom. The first-order chi connectivity index (χ1) is 12.7. The van der Waals surface area contributed by atoms with Gasteiger partial charge in [-0.2, -0.15) is 5.10 Å². The summed E-state index contributed by atoms with van der Waals surface area (Å²) in [5, 5.41) is 4.12. The molecule has 6 nitrogen and oxygen atoms in total. The fraction of sp³-hybridized carbons (Fsp3) is 0.421. The molecule has 0 fully saturated rings. The van der Waals surface area contributed by atoms with Gasteiger partial charge in [0.15, 0.2) is 10.8 Å². The van der Waals surface area contributed by atoms with E-state index in [9.17, 15) is 9.59 Å². The van der Waals surface area contributed by atoms with E-state index in [1.807, 2.05) is 20.8 Å². The molecule has 0 aliphatic carbocycles. The number of nitrogens with zero attached hydrogens (tertiary/aromatic N) is 2. The molecule has 0 aliphatic rings. The van der Waals surface area contributed by atoms with Gasteiger partial charge in [-0.15, -0.1) is 0 Å². The van der Waals surface area contributed by atoms with E-state index in [-0.39, 0.29) is 23.3 Å². The van der Waals surface area contributed by atoms with Crippen LogP contribution in [0.3, 0.4) is 0 Å². The summed E-state index contributed by atoms with van der Waals surface area (Å²) >= 11 is 8.37. The molecule has 0 aliphatic heterocycles. The van der Waals surface area contributed by atoms with Crippen molar-refractivity contribution < 1.29 is 14.3 Å². The normalized spacial score (nSPS) is 11.3. The third-order valence-corrected chi connectivity index (χ3v) is 4.73. The van der Waals surface area contributed by atoms with Crippen LogP contribution in [0.5, 0.6) is 5.75 Å². The molecule has 0 spiro atoms. The summed E-state index contributed by atoms with van der Waals surface area (Å²) in [6.45, 7) is 6.22. The van der Waals surface area contributed by atoms with E-state index in [1.165, 1.54) is 10.9 Å². The quantitative estimate of drug-likeness (QED) is 0.244. The largest absolute Gasteiger partial charge is 0.485 e. The van der Waals surface area contributed by atoms with Gasteiger partial charge in [0.25, 0.3) is 5.56 Å². The van der Waals surface area contributed by atoms with Gasteiger partial charge in [-0.3, -0.25) is 4.79 Å². The van der Waals surface area contributed by atoms with Crippen molar-refractivity contribution in [2.45, 2.75) is 39.3 Å². The molecule has 0 N–H and O–H groups in total. The fourth-order valence-electron chi connectivity index (χ4n) is 2.20. The zero-order chi connectivity index (χ0) is 20.0. The van der Waals surface area contributed by atoms with Crippen LogP contribution in [0, 0.1) is 0 Å². The van der Waals surface area contributed by atoms with Crippen LogP contribution in [0.25, 0.3) is 0 Å². The highest BCUT2D eigenvalue weighted by atomic mass is 127. The van der Waals surface area contributed by atoms with Crippen LogP contribution in [-0.2, 0) is 16.9 Å². The first kappa shape index (κ1) is 21.7. The average molecular weight is 505 g/mol. The van der Waals surface area contributed by atoms with Crippen LogP contribution < -0.4 is 10.3 Å². The summed E-state index contributed by atoms with van der Waals surface area (Å²) in [5.74, 6) is -0.116. The molecule has 1 aromatic carbocycles. The van der Waals surface area contributed by atoms with E-state index in [1.54, 1.807) is 24.3 Å². The molecule has 2 rings (SSSR count). The molecule has 0 bridgehead atoms. The van der Waals surface area contributed by atoms with Crippen molar-refractivity contribution in [2.75, 3.05) is 11.0 Å². The minimum Gasteiger partial charge on any atom is -0.485 e. The zero-order valence-electron chi connectivity index (χ0n) is 15.5. The fourth-order valence-corrected chi connectivity index (χ4v) is 2.69. The number of rotatable bonds is 7. The number of esters is 1. The van der Waals surface area contributed by atoms with Gasteiger partial charge in [0, 0.05) is 4.43 Å². The molecule has 146 valence electrons. The number of hydrogen-bond acceptors (Lipinski definition) is 5. The predicted molar refractivity (Wildman–Crippen MR) is 113 cm³/mol. The lowest BCUT2D eigenvalue weighted by molar-refractivity contribution is 0.0507. The summed E-state index contributed by atoms with van der Waals surface area (Å²) in [7, 11) is 0. The van der Waals surface area contributed by atoms with Gasteiger partial charge in [-0.1, -0.05) is 46.3 Å². The van der Waals surface area contributed by atoms with Crippen molar-refractivity contribution in [3.63, 3.8) is 0 Å². The molecule has 0 radical (unpaired) electrons. The molecule has 0 atom stereocenters. The minimum absolute atomic E-state index is 0.00427. The van der Waals surface area contributed by atoms with Crippen molar-refractivity contribution in [1.29, 1.82) is 0 Å². The smallest absolute Gasteiger partial charge is 0.338 e. The lowest BCUT2D eigenvalue weighted by atomic mass is 10.1. The Morgan fingerprint density at radius 3 is 2.52 bits per heavy atom. The standard InChI is InChI=1S/C19H22ClIN2O4/c1-19(2,3)23-17(24)16(20)15(11-22-23)27-12-13-5-7-14(8-6-13)18(25)26-10-4-9-21/h5-8,11H,4,9-10,12H2,1-3H3. The van der Waals surface area contributed by atoms with E-state index in [0.717, 1.165) is 16.4 Å². The van der Waals surface area contributed by atoms with Crippen molar-refractivity contribution >= 4 is 40.2 Å². The van der Waals surface area contributed by atoms with E-state index >= 15 is 0 Å². The predicted octanol–water partition coefficient (Wildman–Crippen LogP) is 4.21. The average Bonchev–Trinajstić information content (AvgIpc) is 2.62. The summed E-state index contributed by atoms with van der Waals surface area (Å²) in [6, 6.07) is 6.91. The van der Waals surface area contributed by atoms with Crippen LogP contribution >= 0.6 is 34.2 Å². The van der Waals surface area contributed by atoms with Gasteiger partial charge in [0.2, 0.25) is 0 Å². The zero-order valence-corrected chi connectivity index (χ0v) is 18.4. The number of carbonyl (C=O) groups is 1. The SMILES string of the molecule is CC(C)(C)n1ncc(OCc2ccc(C(=O)OCCCI)cc2)c(Cl)c1=O. The second kappa shape index (κ2) is 9.54. The monoisotopic (exact) mass is 504 g/mol. The number of halogens is 2. The van der Waals surface area contributed by atoms with Gasteiger partial charge in [-0.25, -0.2) is 9.48 Å². The van der Waals surface area contributed by atoms with E-state index in [2.05, 4.69) is 27.7 Å². The van der Waals surface area contributed by atoms with Gasteiger partial charge in [-0.05, 0) is 44.9 Å². The van der Waals surface area contributed by atoms with Crippen molar-refractivity contribution in [3.8, 4) is 5.75 Å². The second-order valence-electron chi connectivity index (χ2n) is 6.87. The second-order valence-corrected chi connectivity index (χ2v) is 8.33. The van der Waals surface area contributed by atoms with Gasteiger partial charge in [0.05, 0.1) is 23.9 Å². The maximum atomic E-state index is 12.3.